The number of carbonyl (C=O) groups excluding carboxylic acids is 2. The molecule has 0 saturated carbocycles. The van der Waals surface area contributed by atoms with Crippen LogP contribution in [0.25, 0.3) is 0 Å². The molecular weight excluding hydrogens is 396 g/mol. The van der Waals surface area contributed by atoms with Gasteiger partial charge >= 0.3 is 0 Å². The Morgan fingerprint density at radius 1 is 1.23 bits per heavy atom. The van der Waals surface area contributed by atoms with Crippen LogP contribution in [-0.2, 0) is 9.59 Å². The van der Waals surface area contributed by atoms with Crippen LogP contribution in [0.15, 0.2) is 64.6 Å². The number of amides is 1. The smallest absolute Gasteiger partial charge is 0.294 e. The first-order chi connectivity index (χ1) is 12.2. The molecule has 1 aromatic carbocycles. The quantitative estimate of drug-likeness (QED) is 0.809. The molecule has 2 aromatic rings. The zero-order valence-corrected chi connectivity index (χ0v) is 16.3. The summed E-state index contributed by atoms with van der Waals surface area (Å²) in [5, 5.41) is 10.6. The maximum atomic E-state index is 13.0. The van der Waals surface area contributed by atoms with Crippen LogP contribution in [0.4, 0.5) is 5.69 Å². The van der Waals surface area contributed by atoms with E-state index in [1.54, 1.807) is 63.5 Å². The highest BCUT2D eigenvalue weighted by molar-refractivity contribution is 9.10. The van der Waals surface area contributed by atoms with Crippen molar-refractivity contribution < 1.29 is 14.7 Å². The highest BCUT2D eigenvalue weighted by Crippen LogP contribution is 2.43. The number of pyridine rings is 1. The van der Waals surface area contributed by atoms with E-state index < -0.39 is 23.1 Å². The van der Waals surface area contributed by atoms with Crippen LogP contribution >= 0.6 is 15.9 Å². The topological polar surface area (TPSA) is 70.5 Å². The second-order valence-corrected chi connectivity index (χ2v) is 8.10. The number of carbonyl (C=O) groups is 2. The van der Waals surface area contributed by atoms with E-state index in [1.807, 2.05) is 6.07 Å². The minimum atomic E-state index is -0.739. The number of halogens is 1. The van der Waals surface area contributed by atoms with E-state index in [4.69, 9.17) is 0 Å². The second kappa shape index (κ2) is 6.68. The summed E-state index contributed by atoms with van der Waals surface area (Å²) in [6, 6.07) is 10.0. The van der Waals surface area contributed by atoms with Crippen LogP contribution in [-0.4, -0.2) is 21.8 Å². The molecule has 0 saturated heterocycles. The number of rotatable bonds is 3. The minimum Gasteiger partial charge on any atom is -0.503 e. The Bertz CT molecular complexity index is 901. The van der Waals surface area contributed by atoms with Crippen LogP contribution in [0.2, 0.25) is 0 Å². The van der Waals surface area contributed by atoms with Crippen molar-refractivity contribution >= 4 is 33.3 Å². The lowest BCUT2D eigenvalue weighted by Crippen LogP contribution is -2.32. The Morgan fingerprint density at radius 3 is 2.54 bits per heavy atom. The standard InChI is InChI=1S/C20H19BrN2O3/c1-20(2,3)18(25)15-16(12-6-5-9-22-11-12)23(19(26)17(15)24)14-8-4-7-13(21)10-14/h4-11,16,24H,1-3H3. The van der Waals surface area contributed by atoms with Gasteiger partial charge in [0, 0.05) is 28.0 Å². The van der Waals surface area contributed by atoms with Crippen molar-refractivity contribution in [1.82, 2.24) is 4.98 Å². The third-order valence-corrected chi connectivity index (χ3v) is 4.71. The first-order valence-corrected chi connectivity index (χ1v) is 8.98. The Morgan fingerprint density at radius 2 is 1.96 bits per heavy atom. The SMILES string of the molecule is CC(C)(C)C(=O)C1=C(O)C(=O)N(c2cccc(Br)c2)C1c1cccnc1. The first kappa shape index (κ1) is 18.3. The second-order valence-electron chi connectivity index (χ2n) is 7.19. The fourth-order valence-electron chi connectivity index (χ4n) is 2.99. The van der Waals surface area contributed by atoms with Gasteiger partial charge in [0.2, 0.25) is 0 Å². The predicted octanol–water partition coefficient (Wildman–Crippen LogP) is 4.36. The van der Waals surface area contributed by atoms with Gasteiger partial charge in [0.1, 0.15) is 0 Å². The fraction of sp³-hybridized carbons (Fsp3) is 0.250. The number of aromatic nitrogens is 1. The van der Waals surface area contributed by atoms with Gasteiger partial charge in [-0.25, -0.2) is 0 Å². The molecule has 0 fully saturated rings. The van der Waals surface area contributed by atoms with Crippen molar-refractivity contribution in [2.75, 3.05) is 4.90 Å². The molecule has 0 bridgehead atoms. The summed E-state index contributed by atoms with van der Waals surface area (Å²) in [6.45, 7) is 5.30. The molecule has 26 heavy (non-hydrogen) atoms. The van der Waals surface area contributed by atoms with E-state index in [0.29, 0.717) is 11.3 Å². The van der Waals surface area contributed by atoms with E-state index in [1.165, 1.54) is 4.90 Å². The number of Topliss-reactive ketones (excluding diaryl/α,β-unsaturated/α-hetero) is 1. The summed E-state index contributed by atoms with van der Waals surface area (Å²) in [4.78, 5) is 31.5. The number of aliphatic hydroxyl groups excluding tert-OH is 1. The molecule has 1 aliphatic rings. The molecule has 2 heterocycles. The van der Waals surface area contributed by atoms with Crippen LogP contribution in [0.1, 0.15) is 32.4 Å². The number of hydrogen-bond acceptors (Lipinski definition) is 4. The van der Waals surface area contributed by atoms with Gasteiger partial charge in [-0.2, -0.15) is 0 Å². The van der Waals surface area contributed by atoms with Gasteiger partial charge in [0.15, 0.2) is 11.5 Å². The number of hydrogen-bond donors (Lipinski definition) is 1. The van der Waals surface area contributed by atoms with Gasteiger partial charge in [-0.15, -0.1) is 0 Å². The van der Waals surface area contributed by atoms with Crippen molar-refractivity contribution in [2.24, 2.45) is 5.41 Å². The Labute approximate surface area is 160 Å². The molecule has 3 rings (SSSR count). The molecule has 1 amide bonds. The summed E-state index contributed by atoms with van der Waals surface area (Å²) < 4.78 is 0.794. The molecule has 6 heteroatoms. The zero-order valence-electron chi connectivity index (χ0n) is 14.7. The minimum absolute atomic E-state index is 0.107. The third kappa shape index (κ3) is 3.17. The van der Waals surface area contributed by atoms with Crippen molar-refractivity contribution in [1.29, 1.82) is 0 Å². The predicted molar refractivity (Wildman–Crippen MR) is 103 cm³/mol. The average molecular weight is 415 g/mol. The van der Waals surface area contributed by atoms with Crippen molar-refractivity contribution in [3.8, 4) is 0 Å². The number of nitrogens with zero attached hydrogens (tertiary/aromatic N) is 2. The molecule has 1 atom stereocenters. The lowest BCUT2D eigenvalue weighted by molar-refractivity contribution is -0.123. The largest absolute Gasteiger partial charge is 0.503 e. The third-order valence-electron chi connectivity index (χ3n) is 4.22. The molecule has 134 valence electrons. The first-order valence-electron chi connectivity index (χ1n) is 8.19. The van der Waals surface area contributed by atoms with Gasteiger partial charge in [0.05, 0.1) is 11.6 Å². The van der Waals surface area contributed by atoms with Gasteiger partial charge < -0.3 is 5.11 Å². The van der Waals surface area contributed by atoms with E-state index in [9.17, 15) is 14.7 Å². The Hall–Kier alpha value is -2.47. The summed E-state index contributed by atoms with van der Waals surface area (Å²) in [7, 11) is 0. The number of benzene rings is 1. The molecule has 1 aliphatic heterocycles. The summed E-state index contributed by atoms with van der Waals surface area (Å²) in [5.74, 6) is -1.36. The number of aliphatic hydroxyl groups is 1. The van der Waals surface area contributed by atoms with Gasteiger partial charge in [-0.1, -0.05) is 48.8 Å². The van der Waals surface area contributed by atoms with Gasteiger partial charge in [0.25, 0.3) is 5.91 Å². The normalized spacial score (nSPS) is 17.8. The lowest BCUT2D eigenvalue weighted by Gasteiger charge is -2.28. The summed E-state index contributed by atoms with van der Waals surface area (Å²) in [6.07, 6.45) is 3.23. The average Bonchev–Trinajstić information content (AvgIpc) is 2.85. The highest BCUT2D eigenvalue weighted by Gasteiger charge is 2.46. The highest BCUT2D eigenvalue weighted by atomic mass is 79.9. The maximum absolute atomic E-state index is 13.0. The summed E-state index contributed by atoms with van der Waals surface area (Å²) >= 11 is 3.40. The monoisotopic (exact) mass is 414 g/mol. The van der Waals surface area contributed by atoms with Crippen LogP contribution < -0.4 is 4.90 Å². The van der Waals surface area contributed by atoms with Gasteiger partial charge in [-0.3, -0.25) is 19.5 Å². The molecule has 0 aliphatic carbocycles. The number of ketones is 1. The van der Waals surface area contributed by atoms with Crippen molar-refractivity contribution in [3.05, 3.63) is 70.2 Å². The lowest BCUT2D eigenvalue weighted by atomic mass is 9.82. The van der Waals surface area contributed by atoms with Crippen molar-refractivity contribution in [2.45, 2.75) is 26.8 Å². The molecule has 1 unspecified atom stereocenters. The van der Waals surface area contributed by atoms with E-state index in [0.717, 1.165) is 4.47 Å². The molecule has 1 aromatic heterocycles. The van der Waals surface area contributed by atoms with E-state index in [-0.39, 0.29) is 11.4 Å². The molecule has 0 spiro atoms. The van der Waals surface area contributed by atoms with Crippen LogP contribution in [0, 0.1) is 5.41 Å². The summed E-state index contributed by atoms with van der Waals surface area (Å²) in [5.41, 5.74) is 0.617. The van der Waals surface area contributed by atoms with Crippen LogP contribution in [0.3, 0.4) is 0 Å². The van der Waals surface area contributed by atoms with Gasteiger partial charge in [-0.05, 0) is 29.8 Å². The molecule has 0 radical (unpaired) electrons. The number of anilines is 1. The molecule has 1 N–H and O–H groups in total. The maximum Gasteiger partial charge on any atom is 0.294 e. The van der Waals surface area contributed by atoms with Crippen molar-refractivity contribution in [3.63, 3.8) is 0 Å². The Kier molecular flexibility index (Phi) is 4.71. The fourth-order valence-corrected chi connectivity index (χ4v) is 3.37. The Balaban J connectivity index is 2.21. The van der Waals surface area contributed by atoms with E-state index >= 15 is 0 Å². The zero-order chi connectivity index (χ0) is 19.1. The van der Waals surface area contributed by atoms with Crippen LogP contribution in [0.5, 0.6) is 0 Å². The molecular formula is C20H19BrN2O3. The molecule has 5 nitrogen and oxygen atoms in total. The van der Waals surface area contributed by atoms with E-state index in [2.05, 4.69) is 20.9 Å².